The second kappa shape index (κ2) is 4.29. The van der Waals surface area contributed by atoms with Crippen LogP contribution in [0.3, 0.4) is 0 Å². The summed E-state index contributed by atoms with van der Waals surface area (Å²) in [5.41, 5.74) is 3.38. The largest absolute Gasteiger partial charge is 0.332 e. The minimum absolute atomic E-state index is 0.202. The normalized spacial score (nSPS) is 10.8. The molecular formula is C11H14N4OS. The lowest BCUT2D eigenvalue weighted by atomic mass is 10.1. The second-order valence-electron chi connectivity index (χ2n) is 3.86. The predicted octanol–water partition coefficient (Wildman–Crippen LogP) is 1.93. The molecule has 5 nitrogen and oxygen atoms in total. The molecule has 0 saturated heterocycles. The summed E-state index contributed by atoms with van der Waals surface area (Å²) in [6, 6.07) is 1.51. The average molecular weight is 250 g/mol. The van der Waals surface area contributed by atoms with E-state index in [1.165, 1.54) is 6.07 Å². The van der Waals surface area contributed by atoms with Crippen LogP contribution < -0.4 is 5.56 Å². The van der Waals surface area contributed by atoms with Gasteiger partial charge in [0, 0.05) is 23.9 Å². The van der Waals surface area contributed by atoms with Gasteiger partial charge in [-0.25, -0.2) is 0 Å². The van der Waals surface area contributed by atoms with Crippen LogP contribution in [0.2, 0.25) is 0 Å². The zero-order chi connectivity index (χ0) is 12.6. The smallest absolute Gasteiger partial charge is 0.252 e. The van der Waals surface area contributed by atoms with Crippen molar-refractivity contribution in [3.63, 3.8) is 0 Å². The van der Waals surface area contributed by atoms with Crippen molar-refractivity contribution in [2.75, 3.05) is 0 Å². The van der Waals surface area contributed by atoms with E-state index in [0.717, 1.165) is 23.5 Å². The van der Waals surface area contributed by atoms with Crippen LogP contribution in [0.1, 0.15) is 18.3 Å². The number of aryl methyl sites for hydroxylation is 2. The van der Waals surface area contributed by atoms with Crippen LogP contribution in [0.15, 0.2) is 10.9 Å². The molecule has 2 aromatic rings. The molecule has 0 aliphatic rings. The van der Waals surface area contributed by atoms with Gasteiger partial charge >= 0.3 is 0 Å². The molecule has 0 aromatic carbocycles. The molecule has 17 heavy (non-hydrogen) atoms. The Hall–Kier alpha value is -1.69. The van der Waals surface area contributed by atoms with Crippen molar-refractivity contribution in [1.29, 1.82) is 0 Å². The summed E-state index contributed by atoms with van der Waals surface area (Å²) < 4.78 is 2.23. The van der Waals surface area contributed by atoms with Gasteiger partial charge in [0.2, 0.25) is 0 Å². The van der Waals surface area contributed by atoms with Crippen molar-refractivity contribution in [2.45, 2.75) is 27.3 Å². The van der Waals surface area contributed by atoms with Crippen LogP contribution in [0.4, 0.5) is 0 Å². The Morgan fingerprint density at radius 3 is 2.65 bits per heavy atom. The fourth-order valence-electron chi connectivity index (χ4n) is 2.00. The lowest BCUT2D eigenvalue weighted by molar-refractivity contribution is 0.634. The van der Waals surface area contributed by atoms with Gasteiger partial charge in [0.1, 0.15) is 0 Å². The fraction of sp³-hybridized carbons (Fsp3) is 0.364. The molecule has 0 unspecified atom stereocenters. The van der Waals surface area contributed by atoms with Crippen molar-refractivity contribution in [1.82, 2.24) is 19.7 Å². The second-order valence-corrected chi connectivity index (χ2v) is 4.27. The number of hydrogen-bond acceptors (Lipinski definition) is 3. The van der Waals surface area contributed by atoms with Gasteiger partial charge in [0.25, 0.3) is 5.56 Å². The molecule has 2 heterocycles. The highest BCUT2D eigenvalue weighted by atomic mass is 32.1. The molecule has 0 spiro atoms. The van der Waals surface area contributed by atoms with E-state index in [-0.39, 0.29) is 5.56 Å². The zero-order valence-electron chi connectivity index (χ0n) is 10.00. The van der Waals surface area contributed by atoms with Crippen molar-refractivity contribution < 1.29 is 0 Å². The molecule has 2 aromatic heterocycles. The van der Waals surface area contributed by atoms with Gasteiger partial charge < -0.3 is 4.98 Å². The Morgan fingerprint density at radius 2 is 2.12 bits per heavy atom. The van der Waals surface area contributed by atoms with Gasteiger partial charge in [0.15, 0.2) is 4.77 Å². The highest BCUT2D eigenvalue weighted by Crippen LogP contribution is 2.23. The first-order valence-electron chi connectivity index (χ1n) is 5.41. The summed E-state index contributed by atoms with van der Waals surface area (Å²) in [7, 11) is 0. The minimum Gasteiger partial charge on any atom is -0.332 e. The molecule has 0 amide bonds. The van der Waals surface area contributed by atoms with E-state index < -0.39 is 0 Å². The van der Waals surface area contributed by atoms with E-state index >= 15 is 0 Å². The number of rotatable bonds is 2. The van der Waals surface area contributed by atoms with Gasteiger partial charge in [-0.2, -0.15) is 5.10 Å². The molecule has 2 N–H and O–H groups in total. The number of nitrogens with one attached hydrogen (secondary N) is 2. The SMILES string of the molecule is CCn1nc(C)c(-c2cc(=O)[nH]c(=S)[nH]2)c1C. The van der Waals surface area contributed by atoms with Crippen molar-refractivity contribution in [3.8, 4) is 11.3 Å². The lowest BCUT2D eigenvalue weighted by Gasteiger charge is -2.02. The van der Waals surface area contributed by atoms with Crippen molar-refractivity contribution >= 4 is 12.2 Å². The van der Waals surface area contributed by atoms with E-state index in [1.54, 1.807) is 0 Å². The topological polar surface area (TPSA) is 66.5 Å². The summed E-state index contributed by atoms with van der Waals surface area (Å²) in [6.45, 7) is 6.74. The molecule has 0 bridgehead atoms. The molecule has 90 valence electrons. The molecule has 0 fully saturated rings. The van der Waals surface area contributed by atoms with E-state index in [4.69, 9.17) is 12.2 Å². The van der Waals surface area contributed by atoms with Crippen LogP contribution in [0.25, 0.3) is 11.3 Å². The van der Waals surface area contributed by atoms with Crippen LogP contribution in [-0.2, 0) is 6.54 Å². The number of H-pyrrole nitrogens is 2. The Bertz CT molecular complexity index is 637. The Balaban J connectivity index is 2.72. The van der Waals surface area contributed by atoms with Gasteiger partial charge in [-0.3, -0.25) is 14.5 Å². The summed E-state index contributed by atoms with van der Waals surface area (Å²) in [5.74, 6) is 0. The highest BCUT2D eigenvalue weighted by molar-refractivity contribution is 7.71. The first-order chi connectivity index (χ1) is 8.02. The third-order valence-electron chi connectivity index (χ3n) is 2.71. The maximum absolute atomic E-state index is 11.4. The predicted molar refractivity (Wildman–Crippen MR) is 68.6 cm³/mol. The Labute approximate surface area is 104 Å². The van der Waals surface area contributed by atoms with Crippen molar-refractivity contribution in [2.24, 2.45) is 0 Å². The van der Waals surface area contributed by atoms with Crippen LogP contribution in [0.5, 0.6) is 0 Å². The van der Waals surface area contributed by atoms with Crippen LogP contribution in [0, 0.1) is 18.6 Å². The van der Waals surface area contributed by atoms with Crippen molar-refractivity contribution in [3.05, 3.63) is 32.6 Å². The summed E-state index contributed by atoms with van der Waals surface area (Å²) >= 11 is 4.97. The lowest BCUT2D eigenvalue weighted by Crippen LogP contribution is -2.07. The van der Waals surface area contributed by atoms with Crippen LogP contribution in [-0.4, -0.2) is 19.7 Å². The van der Waals surface area contributed by atoms with Gasteiger partial charge in [-0.1, -0.05) is 0 Å². The van der Waals surface area contributed by atoms with Gasteiger partial charge in [-0.15, -0.1) is 0 Å². The van der Waals surface area contributed by atoms with E-state index in [1.807, 2.05) is 25.5 Å². The van der Waals surface area contributed by atoms with E-state index in [0.29, 0.717) is 10.5 Å². The molecule has 0 aliphatic carbocycles. The molecular weight excluding hydrogens is 236 g/mol. The fourth-order valence-corrected chi connectivity index (χ4v) is 2.21. The maximum atomic E-state index is 11.4. The monoisotopic (exact) mass is 250 g/mol. The standard InChI is InChI=1S/C11H14N4OS/c1-4-15-7(3)10(6(2)14-15)8-5-9(16)13-11(17)12-8/h5H,4H2,1-3H3,(H2,12,13,16,17). The molecule has 0 saturated carbocycles. The number of nitrogens with zero attached hydrogens (tertiary/aromatic N) is 2. The first-order valence-corrected chi connectivity index (χ1v) is 5.81. The summed E-state index contributed by atoms with van der Waals surface area (Å²) in [5, 5.41) is 4.41. The first kappa shape index (κ1) is 11.8. The minimum atomic E-state index is -0.202. The Kier molecular flexibility index (Phi) is 2.97. The third kappa shape index (κ3) is 2.08. The highest BCUT2D eigenvalue weighted by Gasteiger charge is 2.13. The zero-order valence-corrected chi connectivity index (χ0v) is 10.8. The number of aromatic nitrogens is 4. The molecule has 6 heteroatoms. The quantitative estimate of drug-likeness (QED) is 0.800. The van der Waals surface area contributed by atoms with Gasteiger partial charge in [-0.05, 0) is 33.0 Å². The number of aromatic amines is 2. The Morgan fingerprint density at radius 1 is 1.41 bits per heavy atom. The summed E-state index contributed by atoms with van der Waals surface area (Å²) in [6.07, 6.45) is 0. The third-order valence-corrected chi connectivity index (χ3v) is 2.91. The number of hydrogen-bond donors (Lipinski definition) is 2. The van der Waals surface area contributed by atoms with Gasteiger partial charge in [0.05, 0.1) is 11.4 Å². The van der Waals surface area contributed by atoms with E-state index in [2.05, 4.69) is 15.1 Å². The molecule has 2 rings (SSSR count). The summed E-state index contributed by atoms with van der Waals surface area (Å²) in [4.78, 5) is 16.9. The van der Waals surface area contributed by atoms with E-state index in [9.17, 15) is 4.79 Å². The molecule has 0 radical (unpaired) electrons. The average Bonchev–Trinajstić information content (AvgIpc) is 2.52. The molecule has 0 aliphatic heterocycles. The molecule has 0 atom stereocenters. The van der Waals surface area contributed by atoms with Crippen LogP contribution >= 0.6 is 12.2 Å². The maximum Gasteiger partial charge on any atom is 0.252 e.